The number of carbonyl (C=O) groups is 1. The quantitative estimate of drug-likeness (QED) is 0.541. The topological polar surface area (TPSA) is 46.9 Å². The number of rotatable bonds is 6. The molecule has 1 N–H and O–H groups in total. The maximum absolute atomic E-state index is 12.4. The largest absolute Gasteiger partial charge is 0.325 e. The van der Waals surface area contributed by atoms with Gasteiger partial charge in [0.25, 0.3) is 0 Å². The first-order valence-corrected chi connectivity index (χ1v) is 10.9. The normalized spacial score (nSPS) is 14.7. The minimum atomic E-state index is -0.00402. The number of nitrogens with zero attached hydrogens (tertiary/aromatic N) is 2. The minimum absolute atomic E-state index is 0.00402. The molecule has 1 aromatic heterocycles. The number of carbonyl (C=O) groups excluding carboxylic acids is 1. The standard InChI is InChI=1S/C23H25N3OS/c27-22(25-19-12-6-2-7-13-19)17-28-23-24-16-21(18-10-4-1-5-11-18)26(23)20-14-8-3-9-15-20/h1-2,4-7,10-13,16,20H,3,8-9,14-15,17H2,(H,25,27). The van der Waals surface area contributed by atoms with Crippen molar-refractivity contribution in [3.63, 3.8) is 0 Å². The van der Waals surface area contributed by atoms with Crippen molar-refractivity contribution < 1.29 is 4.79 Å². The molecule has 3 aromatic rings. The van der Waals surface area contributed by atoms with E-state index in [2.05, 4.69) is 34.1 Å². The van der Waals surface area contributed by atoms with Crippen LogP contribution in [0.3, 0.4) is 0 Å². The second kappa shape index (κ2) is 9.11. The van der Waals surface area contributed by atoms with Gasteiger partial charge in [-0.3, -0.25) is 4.79 Å². The van der Waals surface area contributed by atoms with Crippen molar-refractivity contribution in [3.8, 4) is 11.3 Å². The predicted molar refractivity (Wildman–Crippen MR) is 116 cm³/mol. The van der Waals surface area contributed by atoms with E-state index in [0.29, 0.717) is 11.8 Å². The van der Waals surface area contributed by atoms with E-state index in [4.69, 9.17) is 4.98 Å². The molecule has 4 nitrogen and oxygen atoms in total. The summed E-state index contributed by atoms with van der Waals surface area (Å²) in [6, 6.07) is 20.5. The van der Waals surface area contributed by atoms with Crippen LogP contribution < -0.4 is 5.32 Å². The van der Waals surface area contributed by atoms with Crippen molar-refractivity contribution in [2.75, 3.05) is 11.1 Å². The lowest BCUT2D eigenvalue weighted by atomic mass is 9.95. The number of benzene rings is 2. The van der Waals surface area contributed by atoms with E-state index < -0.39 is 0 Å². The predicted octanol–water partition coefficient (Wildman–Crippen LogP) is 5.79. The van der Waals surface area contributed by atoms with E-state index in [1.54, 1.807) is 0 Å². The molecular formula is C23H25N3OS. The Labute approximate surface area is 170 Å². The van der Waals surface area contributed by atoms with Crippen molar-refractivity contribution >= 4 is 23.4 Å². The fraction of sp³-hybridized carbons (Fsp3) is 0.304. The third-order valence-electron chi connectivity index (χ3n) is 5.16. The molecule has 4 rings (SSSR count). The van der Waals surface area contributed by atoms with E-state index in [1.807, 2.05) is 42.6 Å². The molecule has 0 atom stereocenters. The third-order valence-corrected chi connectivity index (χ3v) is 6.13. The summed E-state index contributed by atoms with van der Waals surface area (Å²) in [5.74, 6) is 0.350. The van der Waals surface area contributed by atoms with Gasteiger partial charge in [-0.2, -0.15) is 0 Å². The average Bonchev–Trinajstić information content (AvgIpc) is 3.18. The fourth-order valence-electron chi connectivity index (χ4n) is 3.81. The van der Waals surface area contributed by atoms with Crippen LogP contribution in [0.25, 0.3) is 11.3 Å². The summed E-state index contributed by atoms with van der Waals surface area (Å²) in [7, 11) is 0. The highest BCUT2D eigenvalue weighted by Gasteiger charge is 2.23. The van der Waals surface area contributed by atoms with E-state index in [9.17, 15) is 4.79 Å². The van der Waals surface area contributed by atoms with Gasteiger partial charge in [0.05, 0.1) is 17.6 Å². The molecule has 1 aliphatic carbocycles. The van der Waals surface area contributed by atoms with E-state index in [-0.39, 0.29) is 5.91 Å². The molecule has 1 aliphatic rings. The average molecular weight is 392 g/mol. The molecule has 0 spiro atoms. The zero-order chi connectivity index (χ0) is 19.2. The van der Waals surface area contributed by atoms with Crippen molar-refractivity contribution in [2.24, 2.45) is 0 Å². The highest BCUT2D eigenvalue weighted by Crippen LogP contribution is 2.36. The summed E-state index contributed by atoms with van der Waals surface area (Å²) in [5, 5.41) is 3.89. The first kappa shape index (κ1) is 18.8. The van der Waals surface area contributed by atoms with Crippen molar-refractivity contribution in [3.05, 3.63) is 66.9 Å². The maximum Gasteiger partial charge on any atom is 0.234 e. The number of thioether (sulfide) groups is 1. The van der Waals surface area contributed by atoms with E-state index in [1.165, 1.54) is 49.4 Å². The SMILES string of the molecule is O=C(CSc1ncc(-c2ccccc2)n1C1CCCCC1)Nc1ccccc1. The van der Waals surface area contributed by atoms with Crippen LogP contribution in [0.5, 0.6) is 0 Å². The Morgan fingerprint density at radius 1 is 1.00 bits per heavy atom. The number of aromatic nitrogens is 2. The fourth-order valence-corrected chi connectivity index (χ4v) is 4.66. The molecule has 1 fully saturated rings. The van der Waals surface area contributed by atoms with Crippen LogP contribution in [-0.4, -0.2) is 21.2 Å². The summed E-state index contributed by atoms with van der Waals surface area (Å²) in [5.41, 5.74) is 3.16. The molecule has 0 bridgehead atoms. The number of imidazole rings is 1. The van der Waals surface area contributed by atoms with Crippen molar-refractivity contribution in [2.45, 2.75) is 43.3 Å². The molecule has 1 heterocycles. The Hall–Kier alpha value is -2.53. The number of para-hydroxylation sites is 1. The smallest absolute Gasteiger partial charge is 0.234 e. The molecule has 1 amide bonds. The number of anilines is 1. The van der Waals surface area contributed by atoms with Crippen molar-refractivity contribution in [1.29, 1.82) is 0 Å². The molecule has 0 unspecified atom stereocenters. The van der Waals surface area contributed by atoms with Gasteiger partial charge >= 0.3 is 0 Å². The van der Waals surface area contributed by atoms with Crippen LogP contribution in [0.2, 0.25) is 0 Å². The van der Waals surface area contributed by atoms with Crippen LogP contribution in [0.15, 0.2) is 72.0 Å². The molecule has 144 valence electrons. The van der Waals surface area contributed by atoms with Gasteiger partial charge in [-0.1, -0.05) is 79.6 Å². The van der Waals surface area contributed by atoms with Crippen LogP contribution >= 0.6 is 11.8 Å². The molecule has 1 saturated carbocycles. The second-order valence-electron chi connectivity index (χ2n) is 7.16. The van der Waals surface area contributed by atoms with Gasteiger partial charge in [0.1, 0.15) is 0 Å². The molecule has 2 aromatic carbocycles. The van der Waals surface area contributed by atoms with Crippen molar-refractivity contribution in [1.82, 2.24) is 9.55 Å². The minimum Gasteiger partial charge on any atom is -0.325 e. The zero-order valence-corrected chi connectivity index (χ0v) is 16.7. The molecule has 28 heavy (non-hydrogen) atoms. The molecular weight excluding hydrogens is 366 g/mol. The van der Waals surface area contributed by atoms with Gasteiger partial charge in [-0.05, 0) is 30.5 Å². The number of amides is 1. The Morgan fingerprint density at radius 3 is 2.39 bits per heavy atom. The first-order valence-electron chi connectivity index (χ1n) is 9.91. The second-order valence-corrected chi connectivity index (χ2v) is 8.10. The molecule has 0 radical (unpaired) electrons. The van der Waals surface area contributed by atoms with Gasteiger partial charge in [-0.15, -0.1) is 0 Å². The summed E-state index contributed by atoms with van der Waals surface area (Å²) in [6.45, 7) is 0. The Balaban J connectivity index is 1.53. The highest BCUT2D eigenvalue weighted by atomic mass is 32.2. The van der Waals surface area contributed by atoms with E-state index >= 15 is 0 Å². The van der Waals surface area contributed by atoms with Gasteiger partial charge in [0, 0.05) is 11.7 Å². The Bertz CT molecular complexity index is 902. The summed E-state index contributed by atoms with van der Waals surface area (Å²) in [4.78, 5) is 17.1. The monoisotopic (exact) mass is 391 g/mol. The molecule has 5 heteroatoms. The van der Waals surface area contributed by atoms with Crippen LogP contribution in [-0.2, 0) is 4.79 Å². The third kappa shape index (κ3) is 4.47. The zero-order valence-electron chi connectivity index (χ0n) is 15.9. The van der Waals surface area contributed by atoms with Crippen LogP contribution in [0, 0.1) is 0 Å². The Morgan fingerprint density at radius 2 is 1.68 bits per heavy atom. The molecule has 0 aliphatic heterocycles. The van der Waals surface area contributed by atoms with Gasteiger partial charge in [0.15, 0.2) is 5.16 Å². The van der Waals surface area contributed by atoms with Crippen LogP contribution in [0.1, 0.15) is 38.1 Å². The van der Waals surface area contributed by atoms with Gasteiger partial charge in [0.2, 0.25) is 5.91 Å². The molecule has 0 saturated heterocycles. The lowest BCUT2D eigenvalue weighted by Crippen LogP contribution is -2.17. The number of hydrogen-bond donors (Lipinski definition) is 1. The maximum atomic E-state index is 12.4. The first-order chi connectivity index (χ1) is 13.8. The highest BCUT2D eigenvalue weighted by molar-refractivity contribution is 7.99. The summed E-state index contributed by atoms with van der Waals surface area (Å²) < 4.78 is 2.37. The number of nitrogens with one attached hydrogen (secondary N) is 1. The summed E-state index contributed by atoms with van der Waals surface area (Å²) in [6.07, 6.45) is 8.15. The van der Waals surface area contributed by atoms with E-state index in [0.717, 1.165) is 16.5 Å². The van der Waals surface area contributed by atoms with Gasteiger partial charge in [-0.25, -0.2) is 4.98 Å². The lowest BCUT2D eigenvalue weighted by molar-refractivity contribution is -0.113. The van der Waals surface area contributed by atoms with Crippen LogP contribution in [0.4, 0.5) is 5.69 Å². The lowest BCUT2D eigenvalue weighted by Gasteiger charge is -2.26. The number of hydrogen-bond acceptors (Lipinski definition) is 3. The Kier molecular flexibility index (Phi) is 6.12. The van der Waals surface area contributed by atoms with Gasteiger partial charge < -0.3 is 9.88 Å². The summed E-state index contributed by atoms with van der Waals surface area (Å²) >= 11 is 1.52.